The van der Waals surface area contributed by atoms with Crippen molar-refractivity contribution in [1.82, 2.24) is 9.78 Å². The number of aromatic nitrogens is 2. The molecule has 0 amide bonds. The minimum Gasteiger partial charge on any atom is -0.370 e. The van der Waals surface area contributed by atoms with Gasteiger partial charge < -0.3 is 5.32 Å². The number of nitrogens with zero attached hydrogens (tertiary/aromatic N) is 2. The Kier molecular flexibility index (Phi) is 4.22. The SMILES string of the molecule is Cc1ccc(-n2nc(-c3ccc(Br)s3)c3c2NCCCC3)cc1C. The third-order valence-electron chi connectivity index (χ3n) is 4.67. The zero-order chi connectivity index (χ0) is 16.7. The van der Waals surface area contributed by atoms with Crippen molar-refractivity contribution in [3.05, 3.63) is 50.8 Å². The molecule has 0 radical (unpaired) electrons. The van der Waals surface area contributed by atoms with E-state index in [9.17, 15) is 0 Å². The van der Waals surface area contributed by atoms with E-state index in [0.717, 1.165) is 34.0 Å². The molecular weight excluding hydrogens is 382 g/mol. The number of aryl methyl sites for hydroxylation is 2. The van der Waals surface area contributed by atoms with E-state index in [1.165, 1.54) is 34.4 Å². The maximum absolute atomic E-state index is 5.00. The molecule has 2 aromatic heterocycles. The highest BCUT2D eigenvalue weighted by atomic mass is 79.9. The number of rotatable bonds is 2. The standard InChI is InChI=1S/C19H20BrN3S/c1-12-6-7-14(11-13(12)2)23-19-15(5-3-4-10-21-19)18(22-23)16-8-9-17(20)24-16/h6-9,11,21H,3-5,10H2,1-2H3. The Morgan fingerprint density at radius 2 is 2.00 bits per heavy atom. The van der Waals surface area contributed by atoms with E-state index in [1.54, 1.807) is 11.3 Å². The van der Waals surface area contributed by atoms with E-state index in [2.05, 4.69) is 70.1 Å². The number of anilines is 1. The van der Waals surface area contributed by atoms with Gasteiger partial charge in [-0.3, -0.25) is 0 Å². The van der Waals surface area contributed by atoms with Crippen LogP contribution in [0.2, 0.25) is 0 Å². The number of benzene rings is 1. The van der Waals surface area contributed by atoms with Gasteiger partial charge in [0, 0.05) is 12.1 Å². The van der Waals surface area contributed by atoms with Crippen LogP contribution in [0.25, 0.3) is 16.3 Å². The minimum atomic E-state index is 1.01. The van der Waals surface area contributed by atoms with Crippen molar-refractivity contribution in [3.63, 3.8) is 0 Å². The molecule has 0 saturated heterocycles. The van der Waals surface area contributed by atoms with E-state index >= 15 is 0 Å². The Balaban J connectivity index is 1.90. The maximum atomic E-state index is 5.00. The van der Waals surface area contributed by atoms with Gasteiger partial charge in [-0.25, -0.2) is 4.68 Å². The second-order valence-corrected chi connectivity index (χ2v) is 8.81. The first-order valence-electron chi connectivity index (χ1n) is 8.32. The second-order valence-electron chi connectivity index (χ2n) is 6.34. The molecule has 3 heterocycles. The van der Waals surface area contributed by atoms with Crippen molar-refractivity contribution in [3.8, 4) is 16.3 Å². The summed E-state index contributed by atoms with van der Waals surface area (Å²) in [6, 6.07) is 10.8. The molecule has 0 saturated carbocycles. The highest BCUT2D eigenvalue weighted by Crippen LogP contribution is 2.38. The van der Waals surface area contributed by atoms with E-state index in [-0.39, 0.29) is 0 Å². The number of hydrogen-bond donors (Lipinski definition) is 1. The topological polar surface area (TPSA) is 29.9 Å². The summed E-state index contributed by atoms with van der Waals surface area (Å²) in [4.78, 5) is 1.23. The third-order valence-corrected chi connectivity index (χ3v) is 6.30. The highest BCUT2D eigenvalue weighted by molar-refractivity contribution is 9.11. The molecule has 0 aliphatic carbocycles. The quantitative estimate of drug-likeness (QED) is 0.594. The van der Waals surface area contributed by atoms with Crippen LogP contribution >= 0.6 is 27.3 Å². The average Bonchev–Trinajstić information content (AvgIpc) is 3.06. The zero-order valence-electron chi connectivity index (χ0n) is 13.9. The largest absolute Gasteiger partial charge is 0.370 e. The van der Waals surface area contributed by atoms with Crippen LogP contribution in [0, 0.1) is 13.8 Å². The van der Waals surface area contributed by atoms with Crippen molar-refractivity contribution < 1.29 is 0 Å². The molecule has 1 aliphatic heterocycles. The van der Waals surface area contributed by atoms with Gasteiger partial charge in [0.2, 0.25) is 0 Å². The van der Waals surface area contributed by atoms with Gasteiger partial charge in [0.05, 0.1) is 14.4 Å². The normalized spacial score (nSPS) is 14.1. The van der Waals surface area contributed by atoms with Gasteiger partial charge >= 0.3 is 0 Å². The Labute approximate surface area is 154 Å². The van der Waals surface area contributed by atoms with Gasteiger partial charge in [-0.15, -0.1) is 11.3 Å². The van der Waals surface area contributed by atoms with Gasteiger partial charge in [0.25, 0.3) is 0 Å². The minimum absolute atomic E-state index is 1.01. The Hall–Kier alpha value is -1.59. The molecule has 1 aromatic carbocycles. The number of fused-ring (bicyclic) bond motifs is 1. The van der Waals surface area contributed by atoms with Gasteiger partial charge in [-0.1, -0.05) is 6.07 Å². The van der Waals surface area contributed by atoms with Gasteiger partial charge in [-0.2, -0.15) is 5.10 Å². The summed E-state index contributed by atoms with van der Waals surface area (Å²) in [6.45, 7) is 5.32. The second kappa shape index (κ2) is 6.37. The lowest BCUT2D eigenvalue weighted by atomic mass is 10.1. The molecule has 0 fully saturated rings. The van der Waals surface area contributed by atoms with Crippen LogP contribution in [0.3, 0.4) is 0 Å². The van der Waals surface area contributed by atoms with Crippen molar-refractivity contribution in [2.45, 2.75) is 33.1 Å². The van der Waals surface area contributed by atoms with Crippen molar-refractivity contribution >= 4 is 33.1 Å². The van der Waals surface area contributed by atoms with Crippen LogP contribution in [0.4, 0.5) is 5.82 Å². The van der Waals surface area contributed by atoms with Crippen molar-refractivity contribution in [2.75, 3.05) is 11.9 Å². The van der Waals surface area contributed by atoms with Gasteiger partial charge in [-0.05, 0) is 84.4 Å². The molecule has 0 bridgehead atoms. The molecule has 3 nitrogen and oxygen atoms in total. The number of nitrogens with one attached hydrogen (secondary N) is 1. The van der Waals surface area contributed by atoms with Crippen LogP contribution in [0.15, 0.2) is 34.1 Å². The summed E-state index contributed by atoms with van der Waals surface area (Å²) in [5, 5.41) is 8.62. The van der Waals surface area contributed by atoms with Gasteiger partial charge in [0.15, 0.2) is 0 Å². The third kappa shape index (κ3) is 2.80. The van der Waals surface area contributed by atoms with Crippen molar-refractivity contribution in [2.24, 2.45) is 0 Å². The summed E-state index contributed by atoms with van der Waals surface area (Å²) in [5.74, 6) is 1.16. The predicted molar refractivity (Wildman–Crippen MR) is 105 cm³/mol. The molecule has 1 aliphatic rings. The molecule has 3 aromatic rings. The van der Waals surface area contributed by atoms with E-state index in [0.29, 0.717) is 0 Å². The lowest BCUT2D eigenvalue weighted by Gasteiger charge is -2.10. The lowest BCUT2D eigenvalue weighted by molar-refractivity contribution is 0.780. The summed E-state index contributed by atoms with van der Waals surface area (Å²) in [5.41, 5.74) is 6.21. The lowest BCUT2D eigenvalue weighted by Crippen LogP contribution is -2.07. The Bertz CT molecular complexity index is 894. The number of hydrogen-bond acceptors (Lipinski definition) is 3. The first kappa shape index (κ1) is 15.9. The molecule has 0 atom stereocenters. The average molecular weight is 402 g/mol. The number of halogens is 1. The molecule has 5 heteroatoms. The first-order chi connectivity index (χ1) is 11.6. The Morgan fingerprint density at radius 1 is 1.12 bits per heavy atom. The fourth-order valence-corrected chi connectivity index (χ4v) is 4.58. The first-order valence-corrected chi connectivity index (χ1v) is 9.93. The van der Waals surface area contributed by atoms with E-state index in [4.69, 9.17) is 5.10 Å². The van der Waals surface area contributed by atoms with Crippen LogP contribution in [0.5, 0.6) is 0 Å². The van der Waals surface area contributed by atoms with Crippen LogP contribution < -0.4 is 5.32 Å². The number of thiophene rings is 1. The van der Waals surface area contributed by atoms with Gasteiger partial charge in [0.1, 0.15) is 11.5 Å². The summed E-state index contributed by atoms with van der Waals surface area (Å²) < 4.78 is 3.24. The zero-order valence-corrected chi connectivity index (χ0v) is 16.3. The van der Waals surface area contributed by atoms with Crippen LogP contribution in [-0.2, 0) is 6.42 Å². The fourth-order valence-electron chi connectivity index (χ4n) is 3.19. The fraction of sp³-hybridized carbons (Fsp3) is 0.316. The molecule has 1 N–H and O–H groups in total. The van der Waals surface area contributed by atoms with Crippen molar-refractivity contribution in [1.29, 1.82) is 0 Å². The summed E-state index contributed by atoms with van der Waals surface area (Å²) >= 11 is 5.33. The molecule has 124 valence electrons. The molecule has 24 heavy (non-hydrogen) atoms. The Morgan fingerprint density at radius 3 is 2.75 bits per heavy atom. The molecule has 0 spiro atoms. The van der Waals surface area contributed by atoms with E-state index < -0.39 is 0 Å². The van der Waals surface area contributed by atoms with Crippen LogP contribution in [-0.4, -0.2) is 16.3 Å². The molecular formula is C19H20BrN3S. The molecule has 0 unspecified atom stereocenters. The highest BCUT2D eigenvalue weighted by Gasteiger charge is 2.22. The van der Waals surface area contributed by atoms with E-state index in [1.807, 2.05) is 0 Å². The van der Waals surface area contributed by atoms with Crippen LogP contribution in [0.1, 0.15) is 29.5 Å². The monoisotopic (exact) mass is 401 g/mol. The summed E-state index contributed by atoms with van der Waals surface area (Å²) in [7, 11) is 0. The summed E-state index contributed by atoms with van der Waals surface area (Å²) in [6.07, 6.45) is 3.49. The molecule has 4 rings (SSSR count). The maximum Gasteiger partial charge on any atom is 0.133 e. The predicted octanol–water partition coefficient (Wildman–Crippen LogP) is 5.73. The smallest absolute Gasteiger partial charge is 0.133 e.